The maximum absolute atomic E-state index is 12.1. The van der Waals surface area contributed by atoms with Crippen molar-refractivity contribution in [3.05, 3.63) is 72.3 Å². The number of carbonyl (C=O) groups excluding carboxylic acids is 2. The molecule has 0 radical (unpaired) electrons. The molecule has 6 heteroatoms. The summed E-state index contributed by atoms with van der Waals surface area (Å²) in [4.78, 5) is 25.1. The quantitative estimate of drug-likeness (QED) is 0.469. The third-order valence-electron chi connectivity index (χ3n) is 4.20. The summed E-state index contributed by atoms with van der Waals surface area (Å²) in [5.74, 6) is -1.55. The van der Waals surface area contributed by atoms with Crippen LogP contribution in [0.5, 0.6) is 0 Å². The second-order valence-corrected chi connectivity index (χ2v) is 6.80. The van der Waals surface area contributed by atoms with Crippen LogP contribution in [0.15, 0.2) is 71.6 Å². The van der Waals surface area contributed by atoms with Gasteiger partial charge >= 0.3 is 11.8 Å². The SMILES string of the molecule is CSc1ccccc1NC(=O)C(=O)NCC(O)c1cccc2ccccc12. The minimum Gasteiger partial charge on any atom is -0.387 e. The highest BCUT2D eigenvalue weighted by Gasteiger charge is 2.18. The van der Waals surface area contributed by atoms with Crippen LogP contribution in [0, 0.1) is 0 Å². The fourth-order valence-corrected chi connectivity index (χ4v) is 3.40. The van der Waals surface area contributed by atoms with Crippen LogP contribution in [0.25, 0.3) is 10.8 Å². The summed E-state index contributed by atoms with van der Waals surface area (Å²) in [5, 5.41) is 17.5. The van der Waals surface area contributed by atoms with E-state index in [0.29, 0.717) is 11.3 Å². The van der Waals surface area contributed by atoms with Crippen LogP contribution >= 0.6 is 11.8 Å². The van der Waals surface area contributed by atoms with E-state index in [1.807, 2.05) is 60.9 Å². The van der Waals surface area contributed by atoms with Crippen molar-refractivity contribution >= 4 is 40.0 Å². The number of aliphatic hydroxyl groups excluding tert-OH is 1. The van der Waals surface area contributed by atoms with E-state index in [9.17, 15) is 14.7 Å². The van der Waals surface area contributed by atoms with Crippen LogP contribution in [-0.2, 0) is 9.59 Å². The maximum Gasteiger partial charge on any atom is 0.313 e. The highest BCUT2D eigenvalue weighted by molar-refractivity contribution is 7.98. The fourth-order valence-electron chi connectivity index (χ4n) is 2.85. The van der Waals surface area contributed by atoms with E-state index in [1.165, 1.54) is 11.8 Å². The van der Waals surface area contributed by atoms with E-state index < -0.39 is 17.9 Å². The van der Waals surface area contributed by atoms with Gasteiger partial charge in [-0.1, -0.05) is 54.6 Å². The van der Waals surface area contributed by atoms with Gasteiger partial charge in [0.15, 0.2) is 0 Å². The van der Waals surface area contributed by atoms with Crippen molar-refractivity contribution in [3.8, 4) is 0 Å². The van der Waals surface area contributed by atoms with Crippen molar-refractivity contribution in [3.63, 3.8) is 0 Å². The fraction of sp³-hybridized carbons (Fsp3) is 0.143. The van der Waals surface area contributed by atoms with Crippen molar-refractivity contribution in [2.24, 2.45) is 0 Å². The molecule has 3 aromatic rings. The number of anilines is 1. The number of amides is 2. The number of fused-ring (bicyclic) bond motifs is 1. The molecule has 2 amide bonds. The van der Waals surface area contributed by atoms with Gasteiger partial charge in [-0.05, 0) is 34.7 Å². The van der Waals surface area contributed by atoms with E-state index in [-0.39, 0.29) is 6.54 Å². The van der Waals surface area contributed by atoms with Crippen LogP contribution in [0.4, 0.5) is 5.69 Å². The molecule has 3 N–H and O–H groups in total. The zero-order valence-electron chi connectivity index (χ0n) is 14.8. The summed E-state index contributed by atoms with van der Waals surface area (Å²) >= 11 is 1.48. The van der Waals surface area contributed by atoms with Crippen molar-refractivity contribution in [1.29, 1.82) is 0 Å². The van der Waals surface area contributed by atoms with Gasteiger partial charge in [0.25, 0.3) is 0 Å². The zero-order chi connectivity index (χ0) is 19.2. The Hall–Kier alpha value is -2.83. The van der Waals surface area contributed by atoms with Gasteiger partial charge in [-0.3, -0.25) is 9.59 Å². The molecule has 3 aromatic carbocycles. The van der Waals surface area contributed by atoms with Crippen LogP contribution in [0.2, 0.25) is 0 Å². The molecular formula is C21H20N2O3S. The largest absolute Gasteiger partial charge is 0.387 e. The normalized spacial score (nSPS) is 11.8. The average Bonchev–Trinajstić information content (AvgIpc) is 2.71. The van der Waals surface area contributed by atoms with Gasteiger partial charge in [-0.2, -0.15) is 0 Å². The minimum atomic E-state index is -0.911. The number of rotatable bonds is 5. The number of nitrogens with one attached hydrogen (secondary N) is 2. The molecule has 0 spiro atoms. The topological polar surface area (TPSA) is 78.4 Å². The highest BCUT2D eigenvalue weighted by Crippen LogP contribution is 2.25. The lowest BCUT2D eigenvalue weighted by Gasteiger charge is -2.15. The van der Waals surface area contributed by atoms with Gasteiger partial charge < -0.3 is 15.7 Å². The van der Waals surface area contributed by atoms with Gasteiger partial charge in [0, 0.05) is 11.4 Å². The van der Waals surface area contributed by atoms with E-state index in [1.54, 1.807) is 12.1 Å². The highest BCUT2D eigenvalue weighted by atomic mass is 32.2. The number of hydrogen-bond acceptors (Lipinski definition) is 4. The molecular weight excluding hydrogens is 360 g/mol. The van der Waals surface area contributed by atoms with Crippen molar-refractivity contribution in [2.75, 3.05) is 18.1 Å². The summed E-state index contributed by atoms with van der Waals surface area (Å²) in [5.41, 5.74) is 1.29. The van der Waals surface area contributed by atoms with Crippen molar-refractivity contribution in [1.82, 2.24) is 5.32 Å². The first-order chi connectivity index (χ1) is 13.1. The van der Waals surface area contributed by atoms with Crippen LogP contribution in [-0.4, -0.2) is 29.7 Å². The standard InChI is InChI=1S/C21H20N2O3S/c1-27-19-12-5-4-11-17(19)23-21(26)20(25)22-13-18(24)16-10-6-8-14-7-2-3-9-15(14)16/h2-12,18,24H,13H2,1H3,(H,22,25)(H,23,26). The van der Waals surface area contributed by atoms with Gasteiger partial charge in [0.05, 0.1) is 11.8 Å². The predicted octanol–water partition coefficient (Wildman–Crippen LogP) is 3.35. The van der Waals surface area contributed by atoms with Gasteiger partial charge in [0.1, 0.15) is 0 Å². The number of thioether (sulfide) groups is 1. The summed E-state index contributed by atoms with van der Waals surface area (Å²) in [6, 6.07) is 20.6. The molecule has 0 aliphatic heterocycles. The number of aliphatic hydroxyl groups is 1. The monoisotopic (exact) mass is 380 g/mol. The van der Waals surface area contributed by atoms with E-state index >= 15 is 0 Å². The van der Waals surface area contributed by atoms with E-state index in [4.69, 9.17) is 0 Å². The molecule has 138 valence electrons. The molecule has 1 atom stereocenters. The Morgan fingerprint density at radius 2 is 1.67 bits per heavy atom. The summed E-state index contributed by atoms with van der Waals surface area (Å²) in [6.45, 7) is -0.0512. The van der Waals surface area contributed by atoms with Gasteiger partial charge in [-0.25, -0.2) is 0 Å². The van der Waals surface area contributed by atoms with Crippen molar-refractivity contribution in [2.45, 2.75) is 11.0 Å². The molecule has 0 aromatic heterocycles. The Labute approximate surface area is 161 Å². The predicted molar refractivity (Wildman–Crippen MR) is 109 cm³/mol. The lowest BCUT2D eigenvalue weighted by Crippen LogP contribution is -2.37. The first-order valence-corrected chi connectivity index (χ1v) is 9.70. The summed E-state index contributed by atoms with van der Waals surface area (Å²) in [6.07, 6.45) is 0.984. The van der Waals surface area contributed by atoms with Crippen LogP contribution in [0.1, 0.15) is 11.7 Å². The Morgan fingerprint density at radius 3 is 2.48 bits per heavy atom. The Bertz CT molecular complexity index is 969. The Balaban J connectivity index is 1.63. The molecule has 0 saturated carbocycles. The second kappa shape index (κ2) is 8.70. The van der Waals surface area contributed by atoms with Gasteiger partial charge in [-0.15, -0.1) is 11.8 Å². The summed E-state index contributed by atoms with van der Waals surface area (Å²) < 4.78 is 0. The Kier molecular flexibility index (Phi) is 6.11. The van der Waals surface area contributed by atoms with E-state index in [0.717, 1.165) is 15.7 Å². The molecule has 3 rings (SSSR count). The first kappa shape index (κ1) is 18.9. The molecule has 27 heavy (non-hydrogen) atoms. The minimum absolute atomic E-state index is 0.0512. The molecule has 0 bridgehead atoms. The van der Waals surface area contributed by atoms with Crippen molar-refractivity contribution < 1.29 is 14.7 Å². The lowest BCUT2D eigenvalue weighted by molar-refractivity contribution is -0.136. The molecule has 0 aliphatic carbocycles. The number of hydrogen-bond donors (Lipinski definition) is 3. The number of carbonyl (C=O) groups is 2. The first-order valence-electron chi connectivity index (χ1n) is 8.48. The van der Waals surface area contributed by atoms with Crippen LogP contribution < -0.4 is 10.6 Å². The molecule has 0 aliphatic rings. The third-order valence-corrected chi connectivity index (χ3v) is 5.00. The van der Waals surface area contributed by atoms with Gasteiger partial charge in [0.2, 0.25) is 0 Å². The zero-order valence-corrected chi connectivity index (χ0v) is 15.6. The number of para-hydroxylation sites is 1. The molecule has 0 heterocycles. The molecule has 5 nitrogen and oxygen atoms in total. The maximum atomic E-state index is 12.1. The third kappa shape index (κ3) is 4.48. The molecule has 1 unspecified atom stereocenters. The smallest absolute Gasteiger partial charge is 0.313 e. The Morgan fingerprint density at radius 1 is 0.963 bits per heavy atom. The summed E-state index contributed by atoms with van der Waals surface area (Å²) in [7, 11) is 0. The van der Waals surface area contributed by atoms with Crippen LogP contribution in [0.3, 0.4) is 0 Å². The second-order valence-electron chi connectivity index (χ2n) is 5.95. The number of benzene rings is 3. The van der Waals surface area contributed by atoms with E-state index in [2.05, 4.69) is 10.6 Å². The lowest BCUT2D eigenvalue weighted by atomic mass is 10.0. The molecule has 0 saturated heterocycles. The molecule has 0 fully saturated rings. The average molecular weight is 380 g/mol.